The lowest BCUT2D eigenvalue weighted by atomic mass is 9.74. The average Bonchev–Trinajstić information content (AvgIpc) is 2.70. The van der Waals surface area contributed by atoms with Gasteiger partial charge in [0, 0.05) is 19.5 Å². The van der Waals surface area contributed by atoms with Crippen LogP contribution in [0.25, 0.3) is 0 Å². The topological polar surface area (TPSA) is 41.5 Å². The third kappa shape index (κ3) is 3.38. The third-order valence-corrected chi connectivity index (χ3v) is 3.58. The standard InChI is InChI=1S/C13H15NO.C2H6.CH4O.H2/c1-2-4-11-12(5-3-1)15-10-13(11)6-8-14-9-7-13;2*1-2;/h2-5,14H,6-10H2;1-2H3;2H,1H3;1H. The Balaban J connectivity index is 0.000000667. The second-order valence-corrected chi connectivity index (χ2v) is 4.43. The number of aliphatic hydroxyl groups is 1. The first-order chi connectivity index (χ1) is 9.41. The Kier molecular flexibility index (Phi) is 6.65. The lowest BCUT2D eigenvalue weighted by Crippen LogP contribution is -2.38. The molecule has 19 heavy (non-hydrogen) atoms. The molecule has 2 N–H and O–H groups in total. The highest BCUT2D eigenvalue weighted by molar-refractivity contribution is 5.42. The molecule has 3 aliphatic rings. The van der Waals surface area contributed by atoms with Crippen molar-refractivity contribution < 1.29 is 11.3 Å². The second kappa shape index (κ2) is 8.00. The number of fused-ring (bicyclic) bond motifs is 2. The molecule has 0 bridgehead atoms. The van der Waals surface area contributed by atoms with E-state index in [2.05, 4.69) is 17.1 Å². The highest BCUT2D eigenvalue weighted by Gasteiger charge is 2.43. The molecule has 0 aromatic rings. The van der Waals surface area contributed by atoms with E-state index in [1.165, 1.54) is 18.4 Å². The van der Waals surface area contributed by atoms with Gasteiger partial charge < -0.3 is 15.2 Å². The zero-order valence-corrected chi connectivity index (χ0v) is 12.2. The minimum Gasteiger partial charge on any atom is -0.492 e. The molecule has 1 spiro atoms. The van der Waals surface area contributed by atoms with Gasteiger partial charge >= 0.3 is 0 Å². The molecule has 2 heterocycles. The third-order valence-electron chi connectivity index (χ3n) is 3.58. The number of ether oxygens (including phenoxy) is 1. The fourth-order valence-corrected chi connectivity index (χ4v) is 2.66. The predicted octanol–water partition coefficient (Wildman–Crippen LogP) is 2.80. The molecule has 2 aliphatic heterocycles. The molecule has 0 aromatic carbocycles. The summed E-state index contributed by atoms with van der Waals surface area (Å²) in [5, 5.41) is 10.4. The molecule has 0 amide bonds. The maximum atomic E-state index is 7.00. The molecule has 108 valence electrons. The van der Waals surface area contributed by atoms with Crippen molar-refractivity contribution in [2.24, 2.45) is 5.41 Å². The van der Waals surface area contributed by atoms with E-state index in [0.717, 1.165) is 32.6 Å². The minimum atomic E-state index is 0. The first-order valence-corrected chi connectivity index (χ1v) is 7.03. The number of rotatable bonds is 0. The van der Waals surface area contributed by atoms with E-state index in [-0.39, 0.29) is 6.84 Å². The Bertz CT molecular complexity index is 401. The summed E-state index contributed by atoms with van der Waals surface area (Å²) in [5.41, 5.74) is 4.75. The summed E-state index contributed by atoms with van der Waals surface area (Å²) in [6.07, 6.45) is 10.5. The molecule has 0 radical (unpaired) electrons. The van der Waals surface area contributed by atoms with Gasteiger partial charge in [0.05, 0.1) is 6.61 Å². The molecule has 0 unspecified atom stereocenters. The number of hydrogen-bond donors (Lipinski definition) is 2. The molecule has 3 nitrogen and oxygen atoms in total. The van der Waals surface area contributed by atoms with Crippen LogP contribution in [0, 0.1) is 5.41 Å². The van der Waals surface area contributed by atoms with Gasteiger partial charge in [-0.25, -0.2) is 0 Å². The largest absolute Gasteiger partial charge is 0.492 e. The van der Waals surface area contributed by atoms with E-state index in [4.69, 9.17) is 9.84 Å². The van der Waals surface area contributed by atoms with Crippen LogP contribution in [0.1, 0.15) is 28.1 Å². The first-order valence-electron chi connectivity index (χ1n) is 7.03. The first kappa shape index (κ1) is 15.8. The Morgan fingerprint density at radius 3 is 2.53 bits per heavy atom. The van der Waals surface area contributed by atoms with E-state index < -0.39 is 0 Å². The molecule has 0 saturated carbocycles. The van der Waals surface area contributed by atoms with Crippen molar-refractivity contribution in [3.05, 3.63) is 41.4 Å². The number of piperidine rings is 1. The van der Waals surface area contributed by atoms with Gasteiger partial charge in [-0.3, -0.25) is 0 Å². The maximum Gasteiger partial charge on any atom is 0.123 e. The van der Waals surface area contributed by atoms with Gasteiger partial charge in [-0.15, -0.1) is 5.73 Å². The molecular formula is C16H27NO2. The summed E-state index contributed by atoms with van der Waals surface area (Å²) >= 11 is 0. The highest BCUT2D eigenvalue weighted by Crippen LogP contribution is 2.47. The molecule has 0 atom stereocenters. The molecule has 3 rings (SSSR count). The van der Waals surface area contributed by atoms with Crippen LogP contribution in [0.3, 0.4) is 0 Å². The van der Waals surface area contributed by atoms with Crippen molar-refractivity contribution in [2.45, 2.75) is 26.7 Å². The maximum absolute atomic E-state index is 7.00. The quantitative estimate of drug-likeness (QED) is 0.662. The Morgan fingerprint density at radius 2 is 1.84 bits per heavy atom. The summed E-state index contributed by atoms with van der Waals surface area (Å²) in [6, 6.07) is 0. The van der Waals surface area contributed by atoms with Gasteiger partial charge in [-0.05, 0) is 50.2 Å². The van der Waals surface area contributed by atoms with E-state index in [9.17, 15) is 0 Å². The SMILES string of the molecule is C1=CC=C2OCC3(CCNCC3)C2=CC=1.CC.CO.[HH]. The molecule has 3 heteroatoms. The van der Waals surface area contributed by atoms with Crippen LogP contribution in [0.5, 0.6) is 0 Å². The molecule has 2 fully saturated rings. The number of allylic oxidation sites excluding steroid dienone is 4. The van der Waals surface area contributed by atoms with Crippen molar-refractivity contribution in [1.82, 2.24) is 5.32 Å². The predicted molar refractivity (Wildman–Crippen MR) is 80.9 cm³/mol. The van der Waals surface area contributed by atoms with Gasteiger partial charge in [-0.1, -0.05) is 13.8 Å². The highest BCUT2D eigenvalue weighted by atomic mass is 16.5. The lowest BCUT2D eigenvalue weighted by Gasteiger charge is -2.32. The van der Waals surface area contributed by atoms with E-state index >= 15 is 0 Å². The Morgan fingerprint density at radius 1 is 1.21 bits per heavy atom. The van der Waals surface area contributed by atoms with Gasteiger partial charge in [0.25, 0.3) is 0 Å². The van der Waals surface area contributed by atoms with Gasteiger partial charge in [0.1, 0.15) is 5.76 Å². The smallest absolute Gasteiger partial charge is 0.123 e. The second-order valence-electron chi connectivity index (χ2n) is 4.43. The fraction of sp³-hybridized carbons (Fsp3) is 0.562. The Hall–Kier alpha value is -1.28. The van der Waals surface area contributed by atoms with Gasteiger partial charge in [0.2, 0.25) is 0 Å². The van der Waals surface area contributed by atoms with Crippen LogP contribution in [0.15, 0.2) is 41.4 Å². The van der Waals surface area contributed by atoms with Crippen molar-refractivity contribution in [3.8, 4) is 0 Å². The molecule has 2 saturated heterocycles. The number of nitrogens with one attached hydrogen (secondary N) is 1. The Labute approximate surface area is 117 Å². The van der Waals surface area contributed by atoms with Crippen LogP contribution >= 0.6 is 0 Å². The van der Waals surface area contributed by atoms with Gasteiger partial charge in [-0.2, -0.15) is 0 Å². The summed E-state index contributed by atoms with van der Waals surface area (Å²) in [4.78, 5) is 0. The van der Waals surface area contributed by atoms with E-state index in [1.54, 1.807) is 0 Å². The number of aliphatic hydroxyl groups excluding tert-OH is 1. The molecule has 0 aromatic heterocycles. The average molecular weight is 265 g/mol. The molecule has 1 aliphatic carbocycles. The van der Waals surface area contributed by atoms with Crippen molar-refractivity contribution in [3.63, 3.8) is 0 Å². The summed E-state index contributed by atoms with van der Waals surface area (Å²) in [6.45, 7) is 7.06. The molecular weight excluding hydrogens is 238 g/mol. The van der Waals surface area contributed by atoms with Crippen LogP contribution in [0.2, 0.25) is 0 Å². The zero-order chi connectivity index (χ0) is 14.1. The van der Waals surface area contributed by atoms with Gasteiger partial charge in [0.15, 0.2) is 0 Å². The summed E-state index contributed by atoms with van der Waals surface area (Å²) in [7, 11) is 1.00. The minimum absolute atomic E-state index is 0. The number of hydrogen-bond acceptors (Lipinski definition) is 3. The van der Waals surface area contributed by atoms with Crippen LogP contribution in [0.4, 0.5) is 0 Å². The van der Waals surface area contributed by atoms with Crippen molar-refractivity contribution >= 4 is 0 Å². The normalized spacial score (nSPS) is 21.7. The summed E-state index contributed by atoms with van der Waals surface area (Å²) < 4.78 is 5.80. The van der Waals surface area contributed by atoms with E-state index in [1.807, 2.05) is 32.1 Å². The zero-order valence-electron chi connectivity index (χ0n) is 12.2. The monoisotopic (exact) mass is 265 g/mol. The van der Waals surface area contributed by atoms with Crippen LogP contribution in [-0.4, -0.2) is 31.9 Å². The van der Waals surface area contributed by atoms with Crippen LogP contribution in [-0.2, 0) is 4.74 Å². The fourth-order valence-electron chi connectivity index (χ4n) is 2.66. The summed E-state index contributed by atoms with van der Waals surface area (Å²) in [5.74, 6) is 1.05. The van der Waals surface area contributed by atoms with Crippen molar-refractivity contribution in [2.75, 3.05) is 26.8 Å². The van der Waals surface area contributed by atoms with Crippen LogP contribution < -0.4 is 5.32 Å². The van der Waals surface area contributed by atoms with Crippen molar-refractivity contribution in [1.29, 1.82) is 0 Å². The lowest BCUT2D eigenvalue weighted by molar-refractivity contribution is 0.156. The van der Waals surface area contributed by atoms with E-state index in [0.29, 0.717) is 0 Å².